The van der Waals surface area contributed by atoms with Crippen LogP contribution in [-0.2, 0) is 6.54 Å². The van der Waals surface area contributed by atoms with E-state index in [-0.39, 0.29) is 5.91 Å². The molecule has 0 radical (unpaired) electrons. The molecule has 0 bridgehead atoms. The molecular formula is C22H24N2O. The van der Waals surface area contributed by atoms with Crippen molar-refractivity contribution in [2.75, 3.05) is 0 Å². The van der Waals surface area contributed by atoms with Crippen molar-refractivity contribution in [3.05, 3.63) is 71.9 Å². The lowest BCUT2D eigenvalue weighted by Crippen LogP contribution is -2.14. The maximum atomic E-state index is 12.3. The molecule has 3 aromatic rings. The number of aromatic nitrogens is 1. The van der Waals surface area contributed by atoms with Crippen LogP contribution in [0, 0.1) is 12.8 Å². The van der Waals surface area contributed by atoms with Crippen molar-refractivity contribution in [1.82, 2.24) is 4.57 Å². The van der Waals surface area contributed by atoms with E-state index in [2.05, 4.69) is 30.5 Å². The predicted octanol–water partition coefficient (Wildman–Crippen LogP) is 4.89. The number of hydrogen-bond acceptors (Lipinski definition) is 1. The zero-order valence-electron chi connectivity index (χ0n) is 15.0. The van der Waals surface area contributed by atoms with Crippen LogP contribution in [0.25, 0.3) is 22.4 Å². The van der Waals surface area contributed by atoms with E-state index in [1.807, 2.05) is 55.5 Å². The van der Waals surface area contributed by atoms with Crippen LogP contribution in [0.3, 0.4) is 0 Å². The van der Waals surface area contributed by atoms with Gasteiger partial charge < -0.3 is 10.3 Å². The summed E-state index contributed by atoms with van der Waals surface area (Å²) < 4.78 is 2.24. The van der Waals surface area contributed by atoms with E-state index in [9.17, 15) is 4.79 Å². The van der Waals surface area contributed by atoms with Crippen LogP contribution >= 0.6 is 0 Å². The minimum Gasteiger partial charge on any atom is -0.366 e. The Morgan fingerprint density at radius 1 is 0.960 bits per heavy atom. The van der Waals surface area contributed by atoms with Crippen LogP contribution in [0.15, 0.2) is 60.7 Å². The number of nitrogens with zero attached hydrogens (tertiary/aromatic N) is 1. The normalized spacial score (nSPS) is 11.0. The summed E-state index contributed by atoms with van der Waals surface area (Å²) in [5.41, 5.74) is 11.4. The summed E-state index contributed by atoms with van der Waals surface area (Å²) >= 11 is 0. The SMILES string of the molecule is Cc1c(C(N)=O)c(-c2ccccc2)c(-c2ccccc2)n1CC(C)C. The second kappa shape index (κ2) is 6.98. The van der Waals surface area contributed by atoms with Crippen LogP contribution in [0.5, 0.6) is 0 Å². The summed E-state index contributed by atoms with van der Waals surface area (Å²) in [5.74, 6) is 0.0777. The van der Waals surface area contributed by atoms with Gasteiger partial charge in [-0.05, 0) is 24.0 Å². The van der Waals surface area contributed by atoms with E-state index in [0.29, 0.717) is 11.5 Å². The van der Waals surface area contributed by atoms with Gasteiger partial charge in [0.15, 0.2) is 0 Å². The van der Waals surface area contributed by atoms with E-state index in [4.69, 9.17) is 5.73 Å². The van der Waals surface area contributed by atoms with E-state index in [1.54, 1.807) is 0 Å². The molecule has 0 fully saturated rings. The Labute approximate surface area is 149 Å². The first-order valence-corrected chi connectivity index (χ1v) is 8.64. The number of rotatable bonds is 5. The van der Waals surface area contributed by atoms with Gasteiger partial charge in [0.1, 0.15) is 0 Å². The minimum atomic E-state index is -0.379. The van der Waals surface area contributed by atoms with Gasteiger partial charge >= 0.3 is 0 Å². The molecule has 1 aromatic heterocycles. The van der Waals surface area contributed by atoms with Crippen LogP contribution in [0.1, 0.15) is 29.9 Å². The summed E-state index contributed by atoms with van der Waals surface area (Å²) in [6.45, 7) is 7.19. The van der Waals surface area contributed by atoms with Gasteiger partial charge in [-0.25, -0.2) is 0 Å². The number of nitrogens with two attached hydrogens (primary N) is 1. The highest BCUT2D eigenvalue weighted by Crippen LogP contribution is 2.39. The summed E-state index contributed by atoms with van der Waals surface area (Å²) in [7, 11) is 0. The zero-order valence-corrected chi connectivity index (χ0v) is 15.0. The molecule has 25 heavy (non-hydrogen) atoms. The van der Waals surface area contributed by atoms with Crippen molar-refractivity contribution >= 4 is 5.91 Å². The van der Waals surface area contributed by atoms with Gasteiger partial charge in [0.05, 0.1) is 11.3 Å². The minimum absolute atomic E-state index is 0.379. The second-order valence-electron chi connectivity index (χ2n) is 6.78. The molecule has 0 saturated carbocycles. The van der Waals surface area contributed by atoms with Gasteiger partial charge in [0, 0.05) is 17.8 Å². The molecule has 3 heteroatoms. The van der Waals surface area contributed by atoms with Crippen LogP contribution in [0.2, 0.25) is 0 Å². The standard InChI is InChI=1S/C22H24N2O/c1-15(2)14-24-16(3)19(22(23)25)20(17-10-6-4-7-11-17)21(24)18-12-8-5-9-13-18/h4-13,15H,14H2,1-3H3,(H2,23,25). The number of amides is 1. The Bertz CT molecular complexity index is 877. The Balaban J connectivity index is 2.40. The zero-order chi connectivity index (χ0) is 18.0. The number of hydrogen-bond donors (Lipinski definition) is 1. The van der Waals surface area contributed by atoms with Crippen molar-refractivity contribution in [1.29, 1.82) is 0 Å². The van der Waals surface area contributed by atoms with Crippen LogP contribution in [0.4, 0.5) is 0 Å². The molecule has 2 N–H and O–H groups in total. The third-order valence-electron chi connectivity index (χ3n) is 4.43. The van der Waals surface area contributed by atoms with E-state index >= 15 is 0 Å². The van der Waals surface area contributed by atoms with Gasteiger partial charge in [-0.3, -0.25) is 4.79 Å². The summed E-state index contributed by atoms with van der Waals surface area (Å²) in [6.07, 6.45) is 0. The average Bonchev–Trinajstić information content (AvgIpc) is 2.89. The molecular weight excluding hydrogens is 308 g/mol. The lowest BCUT2D eigenvalue weighted by Gasteiger charge is -2.15. The molecule has 2 aromatic carbocycles. The molecule has 1 heterocycles. The maximum absolute atomic E-state index is 12.3. The third-order valence-corrected chi connectivity index (χ3v) is 4.43. The smallest absolute Gasteiger partial charge is 0.251 e. The van der Waals surface area contributed by atoms with Gasteiger partial charge in [-0.15, -0.1) is 0 Å². The predicted molar refractivity (Wildman–Crippen MR) is 103 cm³/mol. The number of carbonyl (C=O) groups excluding carboxylic acids is 1. The third kappa shape index (κ3) is 3.22. The van der Waals surface area contributed by atoms with E-state index < -0.39 is 0 Å². The molecule has 3 rings (SSSR count). The van der Waals surface area contributed by atoms with Gasteiger partial charge in [-0.1, -0.05) is 74.5 Å². The maximum Gasteiger partial charge on any atom is 0.251 e. The fourth-order valence-corrected chi connectivity index (χ4v) is 3.41. The summed E-state index contributed by atoms with van der Waals surface area (Å²) in [5, 5.41) is 0. The molecule has 0 spiro atoms. The van der Waals surface area contributed by atoms with Crippen molar-refractivity contribution in [2.24, 2.45) is 11.7 Å². The molecule has 0 aliphatic rings. The summed E-state index contributed by atoms with van der Waals surface area (Å²) in [6, 6.07) is 20.3. The van der Waals surface area contributed by atoms with Gasteiger partial charge in [0.25, 0.3) is 5.91 Å². The highest BCUT2D eigenvalue weighted by molar-refractivity contribution is 6.05. The number of benzene rings is 2. The topological polar surface area (TPSA) is 48.0 Å². The quantitative estimate of drug-likeness (QED) is 0.711. The summed E-state index contributed by atoms with van der Waals surface area (Å²) in [4.78, 5) is 12.3. The molecule has 128 valence electrons. The number of primary amides is 1. The molecule has 0 aliphatic carbocycles. The molecule has 0 aliphatic heterocycles. The van der Waals surface area contributed by atoms with Crippen molar-refractivity contribution < 1.29 is 4.79 Å². The van der Waals surface area contributed by atoms with Crippen molar-refractivity contribution in [3.63, 3.8) is 0 Å². The fraction of sp³-hybridized carbons (Fsp3) is 0.227. The first-order valence-electron chi connectivity index (χ1n) is 8.64. The first kappa shape index (κ1) is 17.0. The monoisotopic (exact) mass is 332 g/mol. The van der Waals surface area contributed by atoms with Gasteiger partial charge in [0.2, 0.25) is 0 Å². The molecule has 0 unspecified atom stereocenters. The Kier molecular flexibility index (Phi) is 4.75. The molecule has 0 saturated heterocycles. The first-order chi connectivity index (χ1) is 12.0. The fourth-order valence-electron chi connectivity index (χ4n) is 3.41. The molecule has 3 nitrogen and oxygen atoms in total. The van der Waals surface area contributed by atoms with Crippen molar-refractivity contribution in [2.45, 2.75) is 27.3 Å². The van der Waals surface area contributed by atoms with Crippen LogP contribution in [-0.4, -0.2) is 10.5 Å². The Morgan fingerprint density at radius 2 is 1.48 bits per heavy atom. The van der Waals surface area contributed by atoms with E-state index in [1.165, 1.54) is 0 Å². The Hall–Kier alpha value is -2.81. The highest BCUT2D eigenvalue weighted by atomic mass is 16.1. The lowest BCUT2D eigenvalue weighted by atomic mass is 9.96. The largest absolute Gasteiger partial charge is 0.366 e. The lowest BCUT2D eigenvalue weighted by molar-refractivity contribution is 0.1000. The Morgan fingerprint density at radius 3 is 1.96 bits per heavy atom. The van der Waals surface area contributed by atoms with E-state index in [0.717, 1.165) is 34.6 Å². The average molecular weight is 332 g/mol. The second-order valence-corrected chi connectivity index (χ2v) is 6.78. The van der Waals surface area contributed by atoms with Gasteiger partial charge in [-0.2, -0.15) is 0 Å². The highest BCUT2D eigenvalue weighted by Gasteiger charge is 2.25. The number of carbonyl (C=O) groups is 1. The molecule has 0 atom stereocenters. The van der Waals surface area contributed by atoms with Crippen molar-refractivity contribution in [3.8, 4) is 22.4 Å². The molecule has 1 amide bonds. The van der Waals surface area contributed by atoms with Crippen LogP contribution < -0.4 is 5.73 Å².